The van der Waals surface area contributed by atoms with Gasteiger partial charge in [0.1, 0.15) is 6.10 Å². The summed E-state index contributed by atoms with van der Waals surface area (Å²) in [6.45, 7) is 6.79. The smallest absolute Gasteiger partial charge is 0.407 e. The van der Waals surface area contributed by atoms with Crippen molar-refractivity contribution in [2.75, 3.05) is 61.3 Å². The average molecular weight is 574 g/mol. The van der Waals surface area contributed by atoms with Crippen LogP contribution >= 0.6 is 0 Å². The maximum absolute atomic E-state index is 13.6. The third-order valence-electron chi connectivity index (χ3n) is 6.90. The normalized spacial score (nSPS) is 16.3. The molecule has 2 atom stereocenters. The Bertz CT molecular complexity index is 1140. The van der Waals surface area contributed by atoms with E-state index in [1.54, 1.807) is 63.7 Å². The number of carbonyl (C=O) groups excluding carboxylic acids is 2. The van der Waals surface area contributed by atoms with Crippen molar-refractivity contribution in [1.29, 1.82) is 0 Å². The maximum atomic E-state index is 13.6. The number of alkyl carbamates (subject to hydrolysis) is 1. The summed E-state index contributed by atoms with van der Waals surface area (Å²) in [5, 5.41) is 6.09. The van der Waals surface area contributed by atoms with E-state index in [4.69, 9.17) is 28.4 Å². The molecule has 226 valence electrons. The fourth-order valence-electron chi connectivity index (χ4n) is 4.63. The van der Waals surface area contributed by atoms with Crippen LogP contribution in [0.15, 0.2) is 36.4 Å². The first-order chi connectivity index (χ1) is 19.8. The van der Waals surface area contributed by atoms with Crippen LogP contribution in [0.3, 0.4) is 0 Å². The minimum Gasteiger partial charge on any atom is -0.493 e. The summed E-state index contributed by atoms with van der Waals surface area (Å²) >= 11 is 0. The minimum atomic E-state index is -0.522. The SMILES string of the molecule is COCCCOc1cc(C(=O)N(C[C@H]2CNC[C@H]2OC(=O)NCc2ccc(OC)c(OC)c2)C(C)C)ccc1OC. The van der Waals surface area contributed by atoms with Crippen molar-refractivity contribution in [1.82, 2.24) is 15.5 Å². The lowest BCUT2D eigenvalue weighted by Gasteiger charge is -2.31. The van der Waals surface area contributed by atoms with E-state index in [1.807, 2.05) is 19.9 Å². The van der Waals surface area contributed by atoms with Gasteiger partial charge in [-0.1, -0.05) is 6.07 Å². The Balaban J connectivity index is 1.62. The number of carbonyl (C=O) groups is 2. The van der Waals surface area contributed by atoms with Gasteiger partial charge in [0.25, 0.3) is 5.91 Å². The highest BCUT2D eigenvalue weighted by Crippen LogP contribution is 2.30. The molecular weight excluding hydrogens is 530 g/mol. The van der Waals surface area contributed by atoms with Crippen LogP contribution in [0.1, 0.15) is 36.2 Å². The Morgan fingerprint density at radius 1 is 0.927 bits per heavy atom. The van der Waals surface area contributed by atoms with Gasteiger partial charge in [-0.2, -0.15) is 0 Å². The highest BCUT2D eigenvalue weighted by Gasteiger charge is 2.34. The molecule has 2 aromatic carbocycles. The van der Waals surface area contributed by atoms with Crippen molar-refractivity contribution in [3.05, 3.63) is 47.5 Å². The predicted molar refractivity (Wildman–Crippen MR) is 154 cm³/mol. The quantitative estimate of drug-likeness (QED) is 0.309. The molecule has 0 saturated carbocycles. The van der Waals surface area contributed by atoms with E-state index >= 15 is 0 Å². The third-order valence-corrected chi connectivity index (χ3v) is 6.90. The van der Waals surface area contributed by atoms with Gasteiger partial charge in [0.05, 0.1) is 27.9 Å². The first-order valence-electron chi connectivity index (χ1n) is 13.8. The van der Waals surface area contributed by atoms with E-state index in [0.717, 1.165) is 5.56 Å². The molecule has 1 aliphatic rings. The van der Waals surface area contributed by atoms with Crippen molar-refractivity contribution >= 4 is 12.0 Å². The number of amides is 2. The van der Waals surface area contributed by atoms with Crippen LogP contribution < -0.4 is 29.6 Å². The molecule has 0 bridgehead atoms. The molecule has 41 heavy (non-hydrogen) atoms. The summed E-state index contributed by atoms with van der Waals surface area (Å²) in [6.07, 6.45) is -0.190. The van der Waals surface area contributed by atoms with Crippen molar-refractivity contribution < 1.29 is 38.0 Å². The number of nitrogens with one attached hydrogen (secondary N) is 2. The molecule has 0 spiro atoms. The maximum Gasteiger partial charge on any atom is 0.407 e. The zero-order chi connectivity index (χ0) is 29.8. The molecule has 1 heterocycles. The lowest BCUT2D eigenvalue weighted by atomic mass is 10.0. The Hall–Kier alpha value is -3.70. The first kappa shape index (κ1) is 31.8. The summed E-state index contributed by atoms with van der Waals surface area (Å²) in [5.41, 5.74) is 1.34. The van der Waals surface area contributed by atoms with Crippen LogP contribution in [0.2, 0.25) is 0 Å². The van der Waals surface area contributed by atoms with Crippen LogP contribution in [0, 0.1) is 5.92 Å². The predicted octanol–water partition coefficient (Wildman–Crippen LogP) is 3.49. The fraction of sp³-hybridized carbons (Fsp3) is 0.533. The monoisotopic (exact) mass is 573 g/mol. The van der Waals surface area contributed by atoms with E-state index < -0.39 is 6.09 Å². The molecule has 1 aliphatic heterocycles. The molecule has 3 rings (SSSR count). The molecule has 1 fully saturated rings. The molecule has 1 saturated heterocycles. The number of hydrogen-bond donors (Lipinski definition) is 2. The number of rotatable bonds is 15. The highest BCUT2D eigenvalue weighted by atomic mass is 16.6. The van der Waals surface area contributed by atoms with Crippen LogP contribution in [-0.4, -0.2) is 90.3 Å². The van der Waals surface area contributed by atoms with Gasteiger partial charge in [0.15, 0.2) is 23.0 Å². The highest BCUT2D eigenvalue weighted by molar-refractivity contribution is 5.95. The molecule has 2 aromatic rings. The molecule has 0 unspecified atom stereocenters. The Morgan fingerprint density at radius 2 is 1.63 bits per heavy atom. The molecule has 2 amide bonds. The second-order valence-electron chi connectivity index (χ2n) is 10.0. The largest absolute Gasteiger partial charge is 0.493 e. The fourth-order valence-corrected chi connectivity index (χ4v) is 4.63. The summed E-state index contributed by atoms with van der Waals surface area (Å²) in [7, 11) is 6.34. The molecular formula is C30H43N3O8. The van der Waals surface area contributed by atoms with E-state index in [9.17, 15) is 9.59 Å². The number of nitrogens with zero attached hydrogens (tertiary/aromatic N) is 1. The Kier molecular flexibility index (Phi) is 12.4. The minimum absolute atomic E-state index is 0.0730. The summed E-state index contributed by atoms with van der Waals surface area (Å²) in [6, 6.07) is 10.6. The molecule has 0 aromatic heterocycles. The summed E-state index contributed by atoms with van der Waals surface area (Å²) in [4.78, 5) is 28.1. The van der Waals surface area contributed by atoms with Gasteiger partial charge in [-0.25, -0.2) is 4.79 Å². The van der Waals surface area contributed by atoms with Gasteiger partial charge in [-0.15, -0.1) is 0 Å². The number of ether oxygens (including phenoxy) is 6. The van der Waals surface area contributed by atoms with Crippen molar-refractivity contribution in [3.63, 3.8) is 0 Å². The van der Waals surface area contributed by atoms with Gasteiger partial charge < -0.3 is 44.0 Å². The second-order valence-corrected chi connectivity index (χ2v) is 10.0. The number of hydrogen-bond acceptors (Lipinski definition) is 9. The first-order valence-corrected chi connectivity index (χ1v) is 13.8. The average Bonchev–Trinajstić information content (AvgIpc) is 3.42. The van der Waals surface area contributed by atoms with Gasteiger partial charge in [0, 0.05) is 63.8 Å². The standard InChI is InChI=1S/C30H43N3O8/c1-20(2)33(29(34)22-9-11-25(38-5)27(15-22)40-13-7-12-36-3)19-23-17-31-18-28(23)41-30(35)32-16-21-8-10-24(37-4)26(14-21)39-6/h8-11,14-15,20,23,28,31H,7,12-13,16-19H2,1-6H3,(H,32,35)/t23-,28-/m1/s1. The molecule has 11 heteroatoms. The number of methoxy groups -OCH3 is 4. The van der Waals surface area contributed by atoms with E-state index in [1.165, 1.54) is 0 Å². The number of benzene rings is 2. The van der Waals surface area contributed by atoms with Gasteiger partial charge in [-0.3, -0.25) is 4.79 Å². The Morgan fingerprint density at radius 3 is 2.32 bits per heavy atom. The van der Waals surface area contributed by atoms with Crippen LogP contribution in [0.25, 0.3) is 0 Å². The van der Waals surface area contributed by atoms with Crippen LogP contribution in [0.4, 0.5) is 4.79 Å². The zero-order valence-corrected chi connectivity index (χ0v) is 24.9. The lowest BCUT2D eigenvalue weighted by Crippen LogP contribution is -2.44. The third kappa shape index (κ3) is 8.89. The molecule has 11 nitrogen and oxygen atoms in total. The van der Waals surface area contributed by atoms with Crippen molar-refractivity contribution in [2.45, 2.75) is 39.0 Å². The zero-order valence-electron chi connectivity index (χ0n) is 24.9. The molecule has 0 aliphatic carbocycles. The van der Waals surface area contributed by atoms with Gasteiger partial charge >= 0.3 is 6.09 Å². The van der Waals surface area contributed by atoms with Crippen molar-refractivity contribution in [3.8, 4) is 23.0 Å². The van der Waals surface area contributed by atoms with E-state index in [-0.39, 0.29) is 30.5 Å². The summed E-state index contributed by atoms with van der Waals surface area (Å²) in [5.74, 6) is 2.06. The topological polar surface area (TPSA) is 117 Å². The van der Waals surface area contributed by atoms with E-state index in [0.29, 0.717) is 67.8 Å². The summed E-state index contributed by atoms with van der Waals surface area (Å²) < 4.78 is 32.7. The van der Waals surface area contributed by atoms with Crippen LogP contribution in [0.5, 0.6) is 23.0 Å². The van der Waals surface area contributed by atoms with Crippen LogP contribution in [-0.2, 0) is 16.0 Å². The molecule has 0 radical (unpaired) electrons. The van der Waals surface area contributed by atoms with Gasteiger partial charge in [0.2, 0.25) is 0 Å². The lowest BCUT2D eigenvalue weighted by molar-refractivity contribution is 0.0521. The van der Waals surface area contributed by atoms with E-state index in [2.05, 4.69) is 10.6 Å². The van der Waals surface area contributed by atoms with Crippen molar-refractivity contribution in [2.24, 2.45) is 5.92 Å². The second kappa shape index (κ2) is 15.9. The van der Waals surface area contributed by atoms with Gasteiger partial charge in [-0.05, 0) is 49.7 Å². The molecule has 2 N–H and O–H groups in total. The Labute approximate surface area is 242 Å².